The Bertz CT molecular complexity index is 830. The summed E-state index contributed by atoms with van der Waals surface area (Å²) in [4.78, 5) is 12.5. The molecule has 0 radical (unpaired) electrons. The van der Waals surface area contributed by atoms with Gasteiger partial charge in [0.2, 0.25) is 18.4 Å². The number of hydrogen-bond acceptors (Lipinski definition) is 7. The smallest absolute Gasteiger partial charge is 0.242 e. The first-order valence-corrected chi connectivity index (χ1v) is 8.78. The maximum absolute atomic E-state index is 12.5. The fraction of sp³-hybridized carbons (Fsp3) is 0.350. The number of carbonyl (C=O) groups excluding carboxylic acids is 1. The van der Waals surface area contributed by atoms with Crippen molar-refractivity contribution in [1.29, 1.82) is 0 Å². The zero-order valence-corrected chi connectivity index (χ0v) is 16.3. The molecule has 0 fully saturated rings. The number of rotatable bonds is 8. The highest BCUT2D eigenvalue weighted by atomic mass is 16.7. The van der Waals surface area contributed by atoms with Gasteiger partial charge in [-0.1, -0.05) is 6.07 Å². The number of benzene rings is 2. The molecule has 0 spiro atoms. The number of fused-ring (bicyclic) bond motifs is 1. The van der Waals surface area contributed by atoms with Crippen LogP contribution < -0.4 is 34.3 Å². The monoisotopic (exact) mass is 388 g/mol. The Kier molecular flexibility index (Phi) is 5.98. The van der Waals surface area contributed by atoms with Crippen LogP contribution in [0.2, 0.25) is 0 Å². The van der Waals surface area contributed by atoms with Crippen LogP contribution in [-0.2, 0) is 11.3 Å². The predicted molar refractivity (Wildman–Crippen MR) is 104 cm³/mol. The second kappa shape index (κ2) is 8.60. The highest BCUT2D eigenvalue weighted by Crippen LogP contribution is 2.40. The third kappa shape index (κ3) is 4.16. The largest absolute Gasteiger partial charge is 0.493 e. The van der Waals surface area contributed by atoms with Gasteiger partial charge in [0, 0.05) is 24.4 Å². The Morgan fingerprint density at radius 2 is 1.71 bits per heavy atom. The number of carbonyl (C=O) groups is 1. The lowest BCUT2D eigenvalue weighted by atomic mass is 10.2. The van der Waals surface area contributed by atoms with Crippen LogP contribution in [0.4, 0.5) is 5.69 Å². The molecule has 8 nitrogen and oxygen atoms in total. The van der Waals surface area contributed by atoms with E-state index in [-0.39, 0.29) is 12.7 Å². The lowest BCUT2D eigenvalue weighted by molar-refractivity contribution is -0.121. The summed E-state index contributed by atoms with van der Waals surface area (Å²) in [5, 5.41) is 6.05. The van der Waals surface area contributed by atoms with Crippen LogP contribution in [0.15, 0.2) is 30.3 Å². The van der Waals surface area contributed by atoms with Gasteiger partial charge in [-0.05, 0) is 24.6 Å². The molecule has 2 aromatic carbocycles. The van der Waals surface area contributed by atoms with E-state index in [0.717, 1.165) is 5.56 Å². The predicted octanol–water partition coefficient (Wildman–Crippen LogP) is 2.56. The van der Waals surface area contributed by atoms with E-state index in [1.165, 1.54) is 0 Å². The van der Waals surface area contributed by atoms with Crippen LogP contribution in [0, 0.1) is 0 Å². The molecule has 1 heterocycles. The lowest BCUT2D eigenvalue weighted by Gasteiger charge is -2.18. The quantitative estimate of drug-likeness (QED) is 0.719. The van der Waals surface area contributed by atoms with Gasteiger partial charge in [-0.15, -0.1) is 0 Å². The molecule has 0 saturated carbocycles. The van der Waals surface area contributed by atoms with Gasteiger partial charge in [-0.25, -0.2) is 0 Å². The summed E-state index contributed by atoms with van der Waals surface area (Å²) in [5.74, 6) is 2.78. The molecule has 1 amide bonds. The third-order valence-electron chi connectivity index (χ3n) is 4.34. The average molecular weight is 388 g/mol. The van der Waals surface area contributed by atoms with Crippen molar-refractivity contribution >= 4 is 11.6 Å². The first-order chi connectivity index (χ1) is 13.5. The molecule has 1 aliphatic heterocycles. The summed E-state index contributed by atoms with van der Waals surface area (Å²) in [6.45, 7) is 2.38. The van der Waals surface area contributed by atoms with E-state index < -0.39 is 6.04 Å². The maximum atomic E-state index is 12.5. The molecule has 1 atom stereocenters. The van der Waals surface area contributed by atoms with Crippen LogP contribution >= 0.6 is 0 Å². The summed E-state index contributed by atoms with van der Waals surface area (Å²) < 4.78 is 26.6. The minimum atomic E-state index is -0.475. The Morgan fingerprint density at radius 1 is 1.04 bits per heavy atom. The van der Waals surface area contributed by atoms with Gasteiger partial charge in [-0.3, -0.25) is 4.79 Å². The summed E-state index contributed by atoms with van der Waals surface area (Å²) in [7, 11) is 4.63. The average Bonchev–Trinajstić information content (AvgIpc) is 3.18. The molecule has 3 rings (SSSR count). The van der Waals surface area contributed by atoms with E-state index in [1.54, 1.807) is 40.4 Å². The van der Waals surface area contributed by atoms with Gasteiger partial charge in [0.15, 0.2) is 23.0 Å². The molecule has 0 unspecified atom stereocenters. The van der Waals surface area contributed by atoms with Crippen molar-refractivity contribution in [3.05, 3.63) is 35.9 Å². The molecule has 0 saturated heterocycles. The normalized spacial score (nSPS) is 12.9. The van der Waals surface area contributed by atoms with Crippen molar-refractivity contribution in [2.45, 2.75) is 19.5 Å². The Labute approximate surface area is 163 Å². The third-order valence-corrected chi connectivity index (χ3v) is 4.34. The second-order valence-corrected chi connectivity index (χ2v) is 6.19. The Balaban J connectivity index is 1.62. The van der Waals surface area contributed by atoms with E-state index in [0.29, 0.717) is 41.0 Å². The number of methoxy groups -OCH3 is 3. The molecule has 150 valence electrons. The molecule has 0 aliphatic carbocycles. The molecule has 2 aromatic rings. The van der Waals surface area contributed by atoms with E-state index in [4.69, 9.17) is 23.7 Å². The van der Waals surface area contributed by atoms with Crippen molar-refractivity contribution in [1.82, 2.24) is 5.32 Å². The second-order valence-electron chi connectivity index (χ2n) is 6.19. The van der Waals surface area contributed by atoms with E-state index >= 15 is 0 Å². The number of ether oxygens (including phenoxy) is 5. The SMILES string of the molecule is COc1cc(N[C@@H](C)C(=O)NCc2ccc3c(c2)OCO3)cc(OC)c1OC. The standard InChI is InChI=1S/C20H24N2O6/c1-12(22-14-8-17(24-2)19(26-4)18(9-14)25-3)20(23)21-10-13-5-6-15-16(7-13)28-11-27-15/h5-9,12,22H,10-11H2,1-4H3,(H,21,23)/t12-/m0/s1. The van der Waals surface area contributed by atoms with Crippen LogP contribution in [0.5, 0.6) is 28.7 Å². The van der Waals surface area contributed by atoms with Gasteiger partial charge >= 0.3 is 0 Å². The van der Waals surface area contributed by atoms with Crippen LogP contribution in [-0.4, -0.2) is 40.1 Å². The van der Waals surface area contributed by atoms with Crippen LogP contribution in [0.3, 0.4) is 0 Å². The van der Waals surface area contributed by atoms with Gasteiger partial charge < -0.3 is 34.3 Å². The first-order valence-electron chi connectivity index (χ1n) is 8.78. The van der Waals surface area contributed by atoms with E-state index in [1.807, 2.05) is 18.2 Å². The molecular formula is C20H24N2O6. The number of anilines is 1. The zero-order valence-electron chi connectivity index (χ0n) is 16.3. The van der Waals surface area contributed by atoms with E-state index in [9.17, 15) is 4.79 Å². The fourth-order valence-electron chi connectivity index (χ4n) is 2.87. The highest BCUT2D eigenvalue weighted by Gasteiger charge is 2.18. The van der Waals surface area contributed by atoms with Gasteiger partial charge in [0.1, 0.15) is 6.04 Å². The summed E-state index contributed by atoms with van der Waals surface area (Å²) in [6, 6.07) is 8.62. The molecule has 1 aliphatic rings. The first kappa shape index (κ1) is 19.5. The van der Waals surface area contributed by atoms with Gasteiger partial charge in [0.05, 0.1) is 21.3 Å². The van der Waals surface area contributed by atoms with Gasteiger partial charge in [0.25, 0.3) is 0 Å². The Hall–Kier alpha value is -3.29. The maximum Gasteiger partial charge on any atom is 0.242 e. The van der Waals surface area contributed by atoms with Crippen LogP contribution in [0.25, 0.3) is 0 Å². The Morgan fingerprint density at radius 3 is 2.36 bits per heavy atom. The zero-order chi connectivity index (χ0) is 20.1. The molecule has 2 N–H and O–H groups in total. The van der Waals surface area contributed by atoms with Crippen molar-refractivity contribution in [2.75, 3.05) is 33.4 Å². The molecule has 0 bridgehead atoms. The summed E-state index contributed by atoms with van der Waals surface area (Å²) in [6.07, 6.45) is 0. The number of nitrogens with one attached hydrogen (secondary N) is 2. The van der Waals surface area contributed by atoms with Gasteiger partial charge in [-0.2, -0.15) is 0 Å². The summed E-state index contributed by atoms with van der Waals surface area (Å²) in [5.41, 5.74) is 1.61. The van der Waals surface area contributed by atoms with Crippen molar-refractivity contribution in [2.24, 2.45) is 0 Å². The number of hydrogen-bond donors (Lipinski definition) is 2. The fourth-order valence-corrected chi connectivity index (χ4v) is 2.87. The van der Waals surface area contributed by atoms with Crippen LogP contribution in [0.1, 0.15) is 12.5 Å². The van der Waals surface area contributed by atoms with E-state index in [2.05, 4.69) is 10.6 Å². The lowest BCUT2D eigenvalue weighted by Crippen LogP contribution is -2.37. The molecular weight excluding hydrogens is 364 g/mol. The molecule has 28 heavy (non-hydrogen) atoms. The van der Waals surface area contributed by atoms with Crippen molar-refractivity contribution in [3.63, 3.8) is 0 Å². The minimum Gasteiger partial charge on any atom is -0.493 e. The topological polar surface area (TPSA) is 87.3 Å². The van der Waals surface area contributed by atoms with Crippen molar-refractivity contribution in [3.8, 4) is 28.7 Å². The molecule has 8 heteroatoms. The number of amides is 1. The summed E-state index contributed by atoms with van der Waals surface area (Å²) >= 11 is 0. The minimum absolute atomic E-state index is 0.147. The van der Waals surface area contributed by atoms with Crippen molar-refractivity contribution < 1.29 is 28.5 Å². The highest BCUT2D eigenvalue weighted by molar-refractivity contribution is 5.84. The molecule has 0 aromatic heterocycles.